The third-order valence-corrected chi connectivity index (χ3v) is 5.44. The summed E-state index contributed by atoms with van der Waals surface area (Å²) in [6.45, 7) is 3.17. The molecule has 27 heavy (non-hydrogen) atoms. The maximum absolute atomic E-state index is 13.4. The number of nitrogens with zero attached hydrogens (tertiary/aromatic N) is 3. The van der Waals surface area contributed by atoms with Gasteiger partial charge in [-0.2, -0.15) is 0 Å². The van der Waals surface area contributed by atoms with E-state index in [2.05, 4.69) is 41.3 Å². The normalized spacial score (nSPS) is 14.8. The predicted molar refractivity (Wildman–Crippen MR) is 110 cm³/mol. The van der Waals surface area contributed by atoms with Gasteiger partial charge in [-0.25, -0.2) is 4.79 Å². The lowest BCUT2D eigenvalue weighted by atomic mass is 10.2. The molecule has 0 unspecified atom stereocenters. The van der Waals surface area contributed by atoms with Crippen LogP contribution in [0.2, 0.25) is 0 Å². The molecule has 1 aromatic heterocycles. The summed E-state index contributed by atoms with van der Waals surface area (Å²) >= 11 is 0. The molecule has 2 heterocycles. The van der Waals surface area contributed by atoms with Crippen LogP contribution < -0.4 is 4.90 Å². The molecule has 1 saturated heterocycles. The number of carbonyl (C=O) groups is 1. The molecule has 134 valence electrons. The molecule has 0 bridgehead atoms. The number of aromatic nitrogens is 1. The molecule has 5 rings (SSSR count). The molecule has 4 nitrogen and oxygen atoms in total. The SMILES string of the molecule is O=C(N1CCN(c2ccccc2)CC1)n1c2ccccc2c2ccccc21. The number of benzene rings is 3. The summed E-state index contributed by atoms with van der Waals surface area (Å²) in [5.74, 6) is 0. The van der Waals surface area contributed by atoms with Gasteiger partial charge in [-0.3, -0.25) is 4.57 Å². The van der Waals surface area contributed by atoms with Gasteiger partial charge < -0.3 is 9.80 Å². The Bertz CT molecular complexity index is 1060. The van der Waals surface area contributed by atoms with Crippen molar-refractivity contribution in [3.8, 4) is 0 Å². The Hall–Kier alpha value is -3.27. The van der Waals surface area contributed by atoms with Gasteiger partial charge in [0.05, 0.1) is 11.0 Å². The monoisotopic (exact) mass is 355 g/mol. The van der Waals surface area contributed by atoms with Crippen LogP contribution in [0.1, 0.15) is 0 Å². The molecular formula is C23H21N3O. The van der Waals surface area contributed by atoms with Crippen molar-refractivity contribution in [2.75, 3.05) is 31.1 Å². The highest BCUT2D eigenvalue weighted by atomic mass is 16.2. The van der Waals surface area contributed by atoms with Crippen molar-refractivity contribution in [2.24, 2.45) is 0 Å². The summed E-state index contributed by atoms with van der Waals surface area (Å²) in [6.07, 6.45) is 0. The number of amides is 1. The quantitative estimate of drug-likeness (QED) is 0.500. The van der Waals surface area contributed by atoms with E-state index in [1.54, 1.807) is 0 Å². The van der Waals surface area contributed by atoms with E-state index in [9.17, 15) is 4.79 Å². The molecule has 0 atom stereocenters. The lowest BCUT2D eigenvalue weighted by molar-refractivity contribution is 0.198. The van der Waals surface area contributed by atoms with Gasteiger partial charge in [0.2, 0.25) is 0 Å². The zero-order chi connectivity index (χ0) is 18.2. The van der Waals surface area contributed by atoms with Gasteiger partial charge >= 0.3 is 6.03 Å². The smallest absolute Gasteiger partial charge is 0.329 e. The van der Waals surface area contributed by atoms with Crippen LogP contribution in [0.4, 0.5) is 10.5 Å². The summed E-state index contributed by atoms with van der Waals surface area (Å²) in [4.78, 5) is 17.7. The third kappa shape index (κ3) is 2.65. The molecule has 1 amide bonds. The van der Waals surface area contributed by atoms with Crippen LogP contribution in [0.15, 0.2) is 78.9 Å². The molecule has 0 radical (unpaired) electrons. The molecular weight excluding hydrogens is 334 g/mol. The van der Waals surface area contributed by atoms with E-state index in [4.69, 9.17) is 0 Å². The molecule has 0 N–H and O–H groups in total. The number of fused-ring (bicyclic) bond motifs is 3. The van der Waals surface area contributed by atoms with Crippen LogP contribution in [0.3, 0.4) is 0 Å². The Balaban J connectivity index is 1.47. The van der Waals surface area contributed by atoms with Crippen molar-refractivity contribution in [3.63, 3.8) is 0 Å². The van der Waals surface area contributed by atoms with Crippen molar-refractivity contribution < 1.29 is 4.79 Å². The number of para-hydroxylation sites is 3. The van der Waals surface area contributed by atoms with Gasteiger partial charge in [0.15, 0.2) is 0 Å². The Labute approximate surface area is 158 Å². The second-order valence-corrected chi connectivity index (χ2v) is 6.96. The predicted octanol–water partition coefficient (Wildman–Crippen LogP) is 4.58. The summed E-state index contributed by atoms with van der Waals surface area (Å²) in [5, 5.41) is 2.26. The third-order valence-electron chi connectivity index (χ3n) is 5.44. The van der Waals surface area contributed by atoms with E-state index >= 15 is 0 Å². The summed E-state index contributed by atoms with van der Waals surface area (Å²) < 4.78 is 1.88. The van der Waals surface area contributed by atoms with E-state index in [0.29, 0.717) is 0 Å². The standard InChI is InChI=1S/C23H21N3O/c27-23(25-16-14-24(15-17-25)18-8-2-1-3-9-18)26-21-12-6-4-10-19(21)20-11-5-7-13-22(20)26/h1-13H,14-17H2. The molecule has 1 aliphatic heterocycles. The summed E-state index contributed by atoms with van der Waals surface area (Å²) in [5.41, 5.74) is 3.19. The van der Waals surface area contributed by atoms with E-state index < -0.39 is 0 Å². The average Bonchev–Trinajstić information content (AvgIpc) is 3.08. The Morgan fingerprint density at radius 2 is 1.15 bits per heavy atom. The van der Waals surface area contributed by atoms with Crippen molar-refractivity contribution >= 4 is 33.5 Å². The van der Waals surface area contributed by atoms with Crippen LogP contribution in [0.25, 0.3) is 21.8 Å². The fourth-order valence-corrected chi connectivity index (χ4v) is 4.06. The highest BCUT2D eigenvalue weighted by molar-refractivity contribution is 6.13. The number of piperazine rings is 1. The van der Waals surface area contributed by atoms with Gasteiger partial charge in [0.1, 0.15) is 0 Å². The molecule has 0 saturated carbocycles. The number of hydrogen-bond acceptors (Lipinski definition) is 2. The number of carbonyl (C=O) groups excluding carboxylic acids is 1. The van der Waals surface area contributed by atoms with E-state index in [1.165, 1.54) is 5.69 Å². The molecule has 4 aromatic rings. The van der Waals surface area contributed by atoms with Crippen molar-refractivity contribution in [1.29, 1.82) is 0 Å². The molecule has 0 aliphatic carbocycles. The minimum atomic E-state index is 0.0695. The molecule has 1 aliphatic rings. The first-order valence-corrected chi connectivity index (χ1v) is 9.40. The van der Waals surface area contributed by atoms with Gasteiger partial charge in [-0.1, -0.05) is 54.6 Å². The van der Waals surface area contributed by atoms with Gasteiger partial charge in [0, 0.05) is 42.6 Å². The Morgan fingerprint density at radius 3 is 1.74 bits per heavy atom. The van der Waals surface area contributed by atoms with Crippen molar-refractivity contribution in [1.82, 2.24) is 9.47 Å². The fourth-order valence-electron chi connectivity index (χ4n) is 4.06. The summed E-state index contributed by atoms with van der Waals surface area (Å²) in [7, 11) is 0. The number of rotatable bonds is 1. The lowest BCUT2D eigenvalue weighted by Gasteiger charge is -2.36. The summed E-state index contributed by atoms with van der Waals surface area (Å²) in [6, 6.07) is 26.8. The second-order valence-electron chi connectivity index (χ2n) is 6.96. The highest BCUT2D eigenvalue weighted by Crippen LogP contribution is 2.29. The first kappa shape index (κ1) is 15.9. The lowest BCUT2D eigenvalue weighted by Crippen LogP contribution is -2.50. The maximum Gasteiger partial charge on any atom is 0.329 e. The van der Waals surface area contributed by atoms with E-state index in [1.807, 2.05) is 51.9 Å². The maximum atomic E-state index is 13.4. The zero-order valence-corrected chi connectivity index (χ0v) is 15.1. The molecule has 4 heteroatoms. The zero-order valence-electron chi connectivity index (χ0n) is 15.1. The van der Waals surface area contributed by atoms with Crippen LogP contribution in [0, 0.1) is 0 Å². The Kier molecular flexibility index (Phi) is 3.82. The van der Waals surface area contributed by atoms with Crippen molar-refractivity contribution in [2.45, 2.75) is 0 Å². The van der Waals surface area contributed by atoms with Crippen LogP contribution in [-0.2, 0) is 0 Å². The number of anilines is 1. The minimum Gasteiger partial charge on any atom is -0.368 e. The first-order chi connectivity index (χ1) is 13.3. The van der Waals surface area contributed by atoms with E-state index in [-0.39, 0.29) is 6.03 Å². The number of hydrogen-bond donors (Lipinski definition) is 0. The van der Waals surface area contributed by atoms with Crippen LogP contribution in [0.5, 0.6) is 0 Å². The highest BCUT2D eigenvalue weighted by Gasteiger charge is 2.25. The van der Waals surface area contributed by atoms with E-state index in [0.717, 1.165) is 48.0 Å². The second kappa shape index (κ2) is 6.47. The van der Waals surface area contributed by atoms with Gasteiger partial charge in [0.25, 0.3) is 0 Å². The average molecular weight is 355 g/mol. The van der Waals surface area contributed by atoms with Gasteiger partial charge in [-0.05, 0) is 24.3 Å². The minimum absolute atomic E-state index is 0.0695. The first-order valence-electron chi connectivity index (χ1n) is 9.40. The van der Waals surface area contributed by atoms with Crippen LogP contribution >= 0.6 is 0 Å². The molecule has 3 aromatic carbocycles. The molecule has 0 spiro atoms. The Morgan fingerprint density at radius 1 is 0.630 bits per heavy atom. The van der Waals surface area contributed by atoms with Crippen molar-refractivity contribution in [3.05, 3.63) is 78.9 Å². The topological polar surface area (TPSA) is 28.5 Å². The van der Waals surface area contributed by atoms with Gasteiger partial charge in [-0.15, -0.1) is 0 Å². The fraction of sp³-hybridized carbons (Fsp3) is 0.174. The molecule has 1 fully saturated rings. The van der Waals surface area contributed by atoms with Crippen LogP contribution in [-0.4, -0.2) is 41.7 Å². The largest absolute Gasteiger partial charge is 0.368 e.